The lowest BCUT2D eigenvalue weighted by molar-refractivity contribution is -0.127. The number of aromatic nitrogens is 1. The van der Waals surface area contributed by atoms with Gasteiger partial charge in [-0.15, -0.1) is 0 Å². The Hall–Kier alpha value is -1.64. The highest BCUT2D eigenvalue weighted by atomic mass is 16.2. The molecule has 0 spiro atoms. The van der Waals surface area contributed by atoms with E-state index in [9.17, 15) is 4.79 Å². The summed E-state index contributed by atoms with van der Waals surface area (Å²) in [7, 11) is 0. The second-order valence-electron chi connectivity index (χ2n) is 6.69. The Kier molecular flexibility index (Phi) is 3.15. The van der Waals surface area contributed by atoms with Gasteiger partial charge < -0.3 is 5.32 Å². The number of amides is 1. The van der Waals surface area contributed by atoms with E-state index in [1.54, 1.807) is 0 Å². The van der Waals surface area contributed by atoms with Crippen molar-refractivity contribution in [2.75, 3.05) is 0 Å². The lowest BCUT2D eigenvalue weighted by Gasteiger charge is -2.29. The molecule has 3 unspecified atom stereocenters. The van der Waals surface area contributed by atoms with Crippen molar-refractivity contribution in [2.45, 2.75) is 39.2 Å². The van der Waals surface area contributed by atoms with Gasteiger partial charge in [0.15, 0.2) is 0 Å². The third-order valence-corrected chi connectivity index (χ3v) is 4.68. The molecule has 1 amide bonds. The maximum atomic E-state index is 12.5. The van der Waals surface area contributed by atoms with Crippen LogP contribution < -0.4 is 5.32 Å². The molecule has 1 aromatic heterocycles. The topological polar surface area (TPSA) is 42.0 Å². The molecule has 0 aromatic carbocycles. The molecule has 1 aromatic rings. The van der Waals surface area contributed by atoms with Crippen molar-refractivity contribution in [1.82, 2.24) is 10.3 Å². The van der Waals surface area contributed by atoms with Crippen LogP contribution >= 0.6 is 0 Å². The van der Waals surface area contributed by atoms with Crippen molar-refractivity contribution in [1.29, 1.82) is 0 Å². The van der Waals surface area contributed by atoms with Gasteiger partial charge in [0.25, 0.3) is 0 Å². The van der Waals surface area contributed by atoms with Gasteiger partial charge in [-0.25, -0.2) is 0 Å². The zero-order valence-electron chi connectivity index (χ0n) is 12.4. The average molecular weight is 270 g/mol. The van der Waals surface area contributed by atoms with Crippen LogP contribution in [0, 0.1) is 24.7 Å². The van der Waals surface area contributed by atoms with Crippen LogP contribution in [0.15, 0.2) is 30.5 Å². The molecule has 20 heavy (non-hydrogen) atoms. The lowest BCUT2D eigenvalue weighted by Crippen LogP contribution is -2.45. The van der Waals surface area contributed by atoms with Crippen LogP contribution in [0.4, 0.5) is 0 Å². The van der Waals surface area contributed by atoms with Gasteiger partial charge in [0, 0.05) is 17.8 Å². The van der Waals surface area contributed by atoms with Gasteiger partial charge in [0.2, 0.25) is 5.91 Å². The van der Waals surface area contributed by atoms with Gasteiger partial charge in [-0.3, -0.25) is 9.78 Å². The maximum Gasteiger partial charge on any atom is 0.224 e. The van der Waals surface area contributed by atoms with Crippen molar-refractivity contribution >= 4 is 5.91 Å². The average Bonchev–Trinajstić information content (AvgIpc) is 3.01. The number of nitrogens with one attached hydrogen (secondary N) is 1. The Balaban J connectivity index is 1.71. The molecular formula is C17H22N2O. The van der Waals surface area contributed by atoms with E-state index in [-0.39, 0.29) is 17.4 Å². The summed E-state index contributed by atoms with van der Waals surface area (Å²) in [6.45, 7) is 6.05. The molecular weight excluding hydrogens is 248 g/mol. The summed E-state index contributed by atoms with van der Waals surface area (Å²) in [6.07, 6.45) is 8.51. The fourth-order valence-electron chi connectivity index (χ4n) is 3.39. The Morgan fingerprint density at radius 2 is 2.10 bits per heavy atom. The van der Waals surface area contributed by atoms with Gasteiger partial charge in [-0.2, -0.15) is 0 Å². The summed E-state index contributed by atoms with van der Waals surface area (Å²) >= 11 is 0. The minimum atomic E-state index is -0.372. The smallest absolute Gasteiger partial charge is 0.224 e. The summed E-state index contributed by atoms with van der Waals surface area (Å²) in [5.74, 6) is 1.42. The Bertz CT molecular complexity index is 545. The first kappa shape index (κ1) is 13.3. The third-order valence-electron chi connectivity index (χ3n) is 4.68. The summed E-state index contributed by atoms with van der Waals surface area (Å²) in [4.78, 5) is 16.9. The molecule has 0 saturated heterocycles. The zero-order chi connectivity index (χ0) is 14.3. The maximum absolute atomic E-state index is 12.5. The number of hydrogen-bond donors (Lipinski definition) is 1. The van der Waals surface area contributed by atoms with Crippen LogP contribution in [0.1, 0.15) is 37.9 Å². The second-order valence-corrected chi connectivity index (χ2v) is 6.69. The van der Waals surface area contributed by atoms with Crippen LogP contribution in [-0.2, 0) is 10.3 Å². The molecule has 0 radical (unpaired) electrons. The normalized spacial score (nSPS) is 27.9. The van der Waals surface area contributed by atoms with E-state index in [1.807, 2.05) is 39.1 Å². The Labute approximate surface area is 120 Å². The van der Waals surface area contributed by atoms with Crippen molar-refractivity contribution in [2.24, 2.45) is 17.8 Å². The van der Waals surface area contributed by atoms with Gasteiger partial charge in [0.1, 0.15) is 0 Å². The lowest BCUT2D eigenvalue weighted by atomic mass is 9.90. The van der Waals surface area contributed by atoms with Crippen molar-refractivity contribution in [3.8, 4) is 0 Å². The molecule has 3 rings (SSSR count). The fraction of sp³-hybridized carbons (Fsp3) is 0.529. The molecule has 3 heteroatoms. The van der Waals surface area contributed by atoms with Gasteiger partial charge >= 0.3 is 0 Å². The molecule has 1 saturated carbocycles. The van der Waals surface area contributed by atoms with Crippen molar-refractivity contribution < 1.29 is 4.79 Å². The quantitative estimate of drug-likeness (QED) is 0.858. The van der Waals surface area contributed by atoms with E-state index < -0.39 is 0 Å². The number of fused-ring (bicyclic) bond motifs is 2. The van der Waals surface area contributed by atoms with Crippen LogP contribution in [0.3, 0.4) is 0 Å². The number of nitrogens with zero attached hydrogens (tertiary/aromatic N) is 1. The standard InChI is InChI=1S/C17H22N2O/c1-11-4-7-14(10-18-11)17(2,3)19-16(20)15-9-12-5-6-13(15)8-12/h4-7,10,12-13,15H,8-9H2,1-3H3,(H,19,20). The summed E-state index contributed by atoms with van der Waals surface area (Å²) in [5.41, 5.74) is 1.67. The van der Waals surface area contributed by atoms with Gasteiger partial charge in [0.05, 0.1) is 5.54 Å². The van der Waals surface area contributed by atoms with Crippen LogP contribution in [0.25, 0.3) is 0 Å². The molecule has 3 nitrogen and oxygen atoms in total. The van der Waals surface area contributed by atoms with Gasteiger partial charge in [-0.05, 0) is 57.1 Å². The molecule has 1 fully saturated rings. The summed E-state index contributed by atoms with van der Waals surface area (Å²) < 4.78 is 0. The van der Waals surface area contributed by atoms with Crippen molar-refractivity contribution in [3.05, 3.63) is 41.7 Å². The van der Waals surface area contributed by atoms with E-state index in [4.69, 9.17) is 0 Å². The Morgan fingerprint density at radius 3 is 2.65 bits per heavy atom. The molecule has 2 aliphatic carbocycles. The zero-order valence-corrected chi connectivity index (χ0v) is 12.4. The van der Waals surface area contributed by atoms with E-state index >= 15 is 0 Å². The summed E-state index contributed by atoms with van der Waals surface area (Å²) in [5, 5.41) is 3.21. The largest absolute Gasteiger partial charge is 0.347 e. The number of rotatable bonds is 3. The minimum absolute atomic E-state index is 0.155. The first-order valence-electron chi connectivity index (χ1n) is 7.39. The molecule has 2 aliphatic rings. The van der Waals surface area contributed by atoms with E-state index in [1.165, 1.54) is 0 Å². The van der Waals surface area contributed by atoms with Crippen LogP contribution in [-0.4, -0.2) is 10.9 Å². The predicted octanol–water partition coefficient (Wildman–Crippen LogP) is 2.95. The molecule has 106 valence electrons. The second kappa shape index (κ2) is 4.72. The number of aryl methyl sites for hydroxylation is 1. The first-order chi connectivity index (χ1) is 9.45. The van der Waals surface area contributed by atoms with E-state index in [2.05, 4.69) is 22.5 Å². The molecule has 0 aliphatic heterocycles. The van der Waals surface area contributed by atoms with E-state index in [0.717, 1.165) is 24.1 Å². The monoisotopic (exact) mass is 270 g/mol. The Morgan fingerprint density at radius 1 is 1.30 bits per heavy atom. The van der Waals surface area contributed by atoms with Crippen molar-refractivity contribution in [3.63, 3.8) is 0 Å². The molecule has 3 atom stereocenters. The predicted molar refractivity (Wildman–Crippen MR) is 79.0 cm³/mol. The fourth-order valence-corrected chi connectivity index (χ4v) is 3.39. The van der Waals surface area contributed by atoms with Gasteiger partial charge in [-0.1, -0.05) is 18.2 Å². The molecule has 1 N–H and O–H groups in total. The highest BCUT2D eigenvalue weighted by molar-refractivity contribution is 5.80. The third kappa shape index (κ3) is 2.37. The number of carbonyl (C=O) groups is 1. The molecule has 1 heterocycles. The van der Waals surface area contributed by atoms with Crippen LogP contribution in [0.2, 0.25) is 0 Å². The SMILES string of the molecule is Cc1ccc(C(C)(C)NC(=O)C2CC3C=CC2C3)cn1. The first-order valence-corrected chi connectivity index (χ1v) is 7.39. The summed E-state index contributed by atoms with van der Waals surface area (Å²) in [6, 6.07) is 4.03. The van der Waals surface area contributed by atoms with Crippen LogP contribution in [0.5, 0.6) is 0 Å². The number of pyridine rings is 1. The number of hydrogen-bond acceptors (Lipinski definition) is 2. The molecule has 2 bridgehead atoms. The highest BCUT2D eigenvalue weighted by Gasteiger charge is 2.41. The number of carbonyl (C=O) groups excluding carboxylic acids is 1. The highest BCUT2D eigenvalue weighted by Crippen LogP contribution is 2.43. The number of allylic oxidation sites excluding steroid dienone is 2. The van der Waals surface area contributed by atoms with E-state index in [0.29, 0.717) is 11.8 Å². The minimum Gasteiger partial charge on any atom is -0.347 e.